The molecular formula is C13H24O7. The van der Waals surface area contributed by atoms with E-state index in [4.69, 9.17) is 28.4 Å². The van der Waals surface area contributed by atoms with E-state index in [-0.39, 0.29) is 0 Å². The van der Waals surface area contributed by atoms with Gasteiger partial charge in [-0.15, -0.1) is 0 Å². The standard InChI is InChI=1S/C13H24O7/c1-7-8(14)9-10(11(15-4)18-7)20-13(3,17-6)12(2,16-5)19-9/h7-11,14H,1-6H3/t7-,8+,9+,10-,11+,12?,13?/m0/s1. The molecule has 7 heteroatoms. The molecule has 0 aromatic rings. The highest BCUT2D eigenvalue weighted by Gasteiger charge is 2.61. The molecule has 0 bridgehead atoms. The van der Waals surface area contributed by atoms with E-state index in [1.165, 1.54) is 21.3 Å². The summed E-state index contributed by atoms with van der Waals surface area (Å²) in [6.45, 7) is 5.18. The molecule has 0 spiro atoms. The van der Waals surface area contributed by atoms with Crippen molar-refractivity contribution in [1.82, 2.24) is 0 Å². The summed E-state index contributed by atoms with van der Waals surface area (Å²) in [6.07, 6.45) is -3.16. The van der Waals surface area contributed by atoms with Crippen molar-refractivity contribution in [3.05, 3.63) is 0 Å². The monoisotopic (exact) mass is 292 g/mol. The van der Waals surface area contributed by atoms with Crippen molar-refractivity contribution >= 4 is 0 Å². The van der Waals surface area contributed by atoms with Crippen LogP contribution in [0.1, 0.15) is 20.8 Å². The number of aliphatic hydroxyl groups excluding tert-OH is 1. The Morgan fingerprint density at radius 2 is 1.45 bits per heavy atom. The van der Waals surface area contributed by atoms with Gasteiger partial charge in [-0.3, -0.25) is 0 Å². The lowest BCUT2D eigenvalue weighted by molar-refractivity contribution is -0.482. The van der Waals surface area contributed by atoms with Crippen LogP contribution in [0.4, 0.5) is 0 Å². The van der Waals surface area contributed by atoms with E-state index >= 15 is 0 Å². The van der Waals surface area contributed by atoms with E-state index in [1.807, 2.05) is 0 Å². The van der Waals surface area contributed by atoms with Crippen molar-refractivity contribution < 1.29 is 33.5 Å². The quantitative estimate of drug-likeness (QED) is 0.799. The van der Waals surface area contributed by atoms with Gasteiger partial charge in [-0.25, -0.2) is 0 Å². The third-order valence-electron chi connectivity index (χ3n) is 4.32. The molecule has 2 fully saturated rings. The van der Waals surface area contributed by atoms with Crippen LogP contribution >= 0.6 is 0 Å². The van der Waals surface area contributed by atoms with Gasteiger partial charge in [0.15, 0.2) is 6.29 Å². The summed E-state index contributed by atoms with van der Waals surface area (Å²) in [7, 11) is 4.53. The number of rotatable bonds is 3. The van der Waals surface area contributed by atoms with Gasteiger partial charge in [0.1, 0.15) is 18.3 Å². The Labute approximate surface area is 119 Å². The zero-order valence-corrected chi connectivity index (χ0v) is 12.8. The number of hydrogen-bond donors (Lipinski definition) is 1. The molecule has 7 atom stereocenters. The number of fused-ring (bicyclic) bond motifs is 1. The van der Waals surface area contributed by atoms with Gasteiger partial charge in [0, 0.05) is 21.3 Å². The molecule has 0 aromatic carbocycles. The average Bonchev–Trinajstić information content (AvgIpc) is 2.45. The van der Waals surface area contributed by atoms with E-state index in [1.54, 1.807) is 20.8 Å². The Bertz CT molecular complexity index is 334. The molecule has 7 nitrogen and oxygen atoms in total. The van der Waals surface area contributed by atoms with Gasteiger partial charge in [-0.1, -0.05) is 0 Å². The van der Waals surface area contributed by atoms with Crippen LogP contribution in [-0.4, -0.2) is 68.7 Å². The summed E-state index contributed by atoms with van der Waals surface area (Å²) < 4.78 is 33.7. The predicted octanol–water partition coefficient (Wildman–Crippen LogP) is 0.248. The van der Waals surface area contributed by atoms with Crippen molar-refractivity contribution in [3.8, 4) is 0 Å². The van der Waals surface area contributed by atoms with Crippen molar-refractivity contribution in [3.63, 3.8) is 0 Å². The molecule has 0 aromatic heterocycles. The number of methoxy groups -OCH3 is 3. The van der Waals surface area contributed by atoms with Crippen LogP contribution in [0.5, 0.6) is 0 Å². The maximum absolute atomic E-state index is 10.3. The second kappa shape index (κ2) is 5.49. The summed E-state index contributed by atoms with van der Waals surface area (Å²) in [5, 5.41) is 10.3. The fourth-order valence-corrected chi connectivity index (χ4v) is 2.64. The van der Waals surface area contributed by atoms with E-state index in [0.29, 0.717) is 0 Å². The maximum Gasteiger partial charge on any atom is 0.220 e. The fourth-order valence-electron chi connectivity index (χ4n) is 2.64. The third kappa shape index (κ3) is 2.27. The summed E-state index contributed by atoms with van der Waals surface area (Å²) in [6, 6.07) is 0. The largest absolute Gasteiger partial charge is 0.388 e. The first kappa shape index (κ1) is 16.1. The Morgan fingerprint density at radius 1 is 0.950 bits per heavy atom. The first-order valence-corrected chi connectivity index (χ1v) is 6.64. The molecule has 2 heterocycles. The molecule has 2 unspecified atom stereocenters. The Morgan fingerprint density at radius 3 is 1.90 bits per heavy atom. The minimum Gasteiger partial charge on any atom is -0.388 e. The number of ether oxygens (including phenoxy) is 6. The average molecular weight is 292 g/mol. The Hall–Kier alpha value is -0.280. The van der Waals surface area contributed by atoms with Crippen LogP contribution in [0, 0.1) is 0 Å². The van der Waals surface area contributed by atoms with Gasteiger partial charge < -0.3 is 33.5 Å². The van der Waals surface area contributed by atoms with Crippen LogP contribution in [0.3, 0.4) is 0 Å². The lowest BCUT2D eigenvalue weighted by Crippen LogP contribution is -2.72. The van der Waals surface area contributed by atoms with Gasteiger partial charge in [-0.2, -0.15) is 0 Å². The zero-order chi connectivity index (χ0) is 15.1. The molecule has 20 heavy (non-hydrogen) atoms. The fraction of sp³-hybridized carbons (Fsp3) is 1.00. The molecule has 0 aliphatic carbocycles. The minimum absolute atomic E-state index is 0.433. The van der Waals surface area contributed by atoms with Crippen LogP contribution in [0.15, 0.2) is 0 Å². The second-order valence-corrected chi connectivity index (χ2v) is 5.40. The Balaban J connectivity index is 2.33. The van der Waals surface area contributed by atoms with E-state index < -0.39 is 42.3 Å². The molecule has 118 valence electrons. The highest BCUT2D eigenvalue weighted by atomic mass is 16.8. The maximum atomic E-state index is 10.3. The van der Waals surface area contributed by atoms with Crippen molar-refractivity contribution in [2.45, 2.75) is 63.1 Å². The molecule has 0 radical (unpaired) electrons. The Kier molecular flexibility index (Phi) is 4.42. The lowest BCUT2D eigenvalue weighted by atomic mass is 9.95. The summed E-state index contributed by atoms with van der Waals surface area (Å²) in [5.41, 5.74) is 0. The first-order chi connectivity index (χ1) is 9.31. The van der Waals surface area contributed by atoms with Gasteiger partial charge in [0.25, 0.3) is 0 Å². The first-order valence-electron chi connectivity index (χ1n) is 6.64. The normalized spacial score (nSPS) is 52.6. The van der Waals surface area contributed by atoms with Crippen molar-refractivity contribution in [2.24, 2.45) is 0 Å². The van der Waals surface area contributed by atoms with Crippen LogP contribution in [-0.2, 0) is 28.4 Å². The molecule has 2 aliphatic rings. The second-order valence-electron chi connectivity index (χ2n) is 5.40. The molecule has 2 rings (SSSR count). The van der Waals surface area contributed by atoms with Crippen LogP contribution < -0.4 is 0 Å². The van der Waals surface area contributed by atoms with E-state index in [9.17, 15) is 5.11 Å². The molecule has 0 saturated carbocycles. The SMILES string of the molecule is CO[C@@H]1O[C@@H](C)[C@@H](O)[C@H]2OC(C)(OC)C(C)(OC)O[C@H]12. The smallest absolute Gasteiger partial charge is 0.220 e. The van der Waals surface area contributed by atoms with Crippen LogP contribution in [0.25, 0.3) is 0 Å². The topological polar surface area (TPSA) is 75.6 Å². The highest BCUT2D eigenvalue weighted by molar-refractivity contribution is 4.98. The summed E-state index contributed by atoms with van der Waals surface area (Å²) >= 11 is 0. The molecule has 2 aliphatic heterocycles. The van der Waals surface area contributed by atoms with Crippen molar-refractivity contribution in [2.75, 3.05) is 21.3 Å². The highest BCUT2D eigenvalue weighted by Crippen LogP contribution is 2.43. The molecule has 2 saturated heterocycles. The van der Waals surface area contributed by atoms with E-state index in [2.05, 4.69) is 0 Å². The number of hydrogen-bond acceptors (Lipinski definition) is 7. The molecular weight excluding hydrogens is 268 g/mol. The summed E-state index contributed by atoms with van der Waals surface area (Å²) in [4.78, 5) is 0. The van der Waals surface area contributed by atoms with Crippen molar-refractivity contribution in [1.29, 1.82) is 0 Å². The van der Waals surface area contributed by atoms with Gasteiger partial charge >= 0.3 is 0 Å². The van der Waals surface area contributed by atoms with Gasteiger partial charge in [0.05, 0.1) is 6.10 Å². The summed E-state index contributed by atoms with van der Waals surface area (Å²) in [5.74, 6) is -2.30. The third-order valence-corrected chi connectivity index (χ3v) is 4.32. The molecule has 1 N–H and O–H groups in total. The zero-order valence-electron chi connectivity index (χ0n) is 12.8. The minimum atomic E-state index is -1.15. The van der Waals surface area contributed by atoms with Gasteiger partial charge in [-0.05, 0) is 20.8 Å². The van der Waals surface area contributed by atoms with Crippen LogP contribution in [0.2, 0.25) is 0 Å². The predicted molar refractivity (Wildman–Crippen MR) is 67.9 cm³/mol. The number of aliphatic hydroxyl groups is 1. The molecule has 0 amide bonds. The lowest BCUT2D eigenvalue weighted by Gasteiger charge is -2.56. The van der Waals surface area contributed by atoms with E-state index in [0.717, 1.165) is 0 Å². The van der Waals surface area contributed by atoms with Gasteiger partial charge in [0.2, 0.25) is 11.6 Å².